The van der Waals surface area contributed by atoms with Gasteiger partial charge in [-0.1, -0.05) is 17.3 Å². The zero-order valence-electron chi connectivity index (χ0n) is 10.6. The molecule has 1 saturated heterocycles. The molecule has 1 aliphatic heterocycles. The maximum Gasteiger partial charge on any atom is 0.374 e. The molecule has 1 atom stereocenters. The quantitative estimate of drug-likeness (QED) is 0.921. The normalized spacial score (nSPS) is 18.1. The SMILES string of the molecule is O=C(O)c1cc(-c2cccc(OC3CCOC3)c2)no1. The molecule has 0 spiro atoms. The van der Waals surface area contributed by atoms with E-state index in [4.69, 9.17) is 19.1 Å². The van der Waals surface area contributed by atoms with Gasteiger partial charge in [-0.25, -0.2) is 4.79 Å². The van der Waals surface area contributed by atoms with Crippen LogP contribution in [0.1, 0.15) is 17.0 Å². The molecule has 3 rings (SSSR count). The van der Waals surface area contributed by atoms with Crippen LogP contribution in [0.2, 0.25) is 0 Å². The minimum atomic E-state index is -1.14. The van der Waals surface area contributed by atoms with Crippen LogP contribution in [0.3, 0.4) is 0 Å². The summed E-state index contributed by atoms with van der Waals surface area (Å²) < 4.78 is 15.8. The van der Waals surface area contributed by atoms with E-state index in [0.29, 0.717) is 18.1 Å². The lowest BCUT2D eigenvalue weighted by Crippen LogP contribution is -2.15. The van der Waals surface area contributed by atoms with E-state index in [1.165, 1.54) is 6.07 Å². The van der Waals surface area contributed by atoms with E-state index >= 15 is 0 Å². The fourth-order valence-electron chi connectivity index (χ4n) is 2.04. The van der Waals surface area contributed by atoms with E-state index in [-0.39, 0.29) is 11.9 Å². The van der Waals surface area contributed by atoms with Gasteiger partial charge in [-0.05, 0) is 12.1 Å². The van der Waals surface area contributed by atoms with Gasteiger partial charge in [-0.2, -0.15) is 0 Å². The number of aromatic carboxylic acids is 1. The highest BCUT2D eigenvalue weighted by atomic mass is 16.5. The molecule has 2 heterocycles. The smallest absolute Gasteiger partial charge is 0.374 e. The molecule has 1 N–H and O–H groups in total. The second-order valence-corrected chi connectivity index (χ2v) is 4.51. The third-order valence-electron chi connectivity index (χ3n) is 3.04. The molecular weight excluding hydrogens is 262 g/mol. The van der Waals surface area contributed by atoms with Crippen molar-refractivity contribution in [2.24, 2.45) is 0 Å². The van der Waals surface area contributed by atoms with Gasteiger partial charge in [-0.3, -0.25) is 0 Å². The first-order valence-electron chi connectivity index (χ1n) is 6.27. The summed E-state index contributed by atoms with van der Waals surface area (Å²) in [4.78, 5) is 10.8. The molecular formula is C14H13NO5. The number of carbonyl (C=O) groups is 1. The van der Waals surface area contributed by atoms with Gasteiger partial charge in [0.05, 0.1) is 13.2 Å². The maximum atomic E-state index is 10.8. The van der Waals surface area contributed by atoms with Crippen LogP contribution in [-0.2, 0) is 4.74 Å². The summed E-state index contributed by atoms with van der Waals surface area (Å²) in [6.07, 6.45) is 0.939. The van der Waals surface area contributed by atoms with Crippen LogP contribution in [0.5, 0.6) is 5.75 Å². The molecule has 2 aromatic rings. The molecule has 0 aliphatic carbocycles. The van der Waals surface area contributed by atoms with Crippen molar-refractivity contribution in [2.45, 2.75) is 12.5 Å². The van der Waals surface area contributed by atoms with Crippen molar-refractivity contribution >= 4 is 5.97 Å². The van der Waals surface area contributed by atoms with Crippen LogP contribution in [0.4, 0.5) is 0 Å². The Labute approximate surface area is 114 Å². The third-order valence-corrected chi connectivity index (χ3v) is 3.04. The van der Waals surface area contributed by atoms with Crippen LogP contribution in [0.25, 0.3) is 11.3 Å². The molecule has 0 radical (unpaired) electrons. The summed E-state index contributed by atoms with van der Waals surface area (Å²) in [5, 5.41) is 12.6. The number of hydrogen-bond donors (Lipinski definition) is 1. The molecule has 0 saturated carbocycles. The van der Waals surface area contributed by atoms with Crippen LogP contribution in [0, 0.1) is 0 Å². The van der Waals surface area contributed by atoms with E-state index in [0.717, 1.165) is 18.6 Å². The fraction of sp³-hybridized carbons (Fsp3) is 0.286. The summed E-state index contributed by atoms with van der Waals surface area (Å²) in [7, 11) is 0. The Balaban J connectivity index is 1.80. The lowest BCUT2D eigenvalue weighted by molar-refractivity contribution is 0.0652. The van der Waals surface area contributed by atoms with E-state index in [2.05, 4.69) is 5.16 Å². The maximum absolute atomic E-state index is 10.8. The van der Waals surface area contributed by atoms with Crippen molar-refractivity contribution in [2.75, 3.05) is 13.2 Å². The second-order valence-electron chi connectivity index (χ2n) is 4.51. The van der Waals surface area contributed by atoms with Crippen LogP contribution in [-0.4, -0.2) is 35.6 Å². The molecule has 6 heteroatoms. The molecule has 20 heavy (non-hydrogen) atoms. The number of benzene rings is 1. The predicted molar refractivity (Wildman–Crippen MR) is 68.8 cm³/mol. The number of nitrogens with zero attached hydrogens (tertiary/aromatic N) is 1. The lowest BCUT2D eigenvalue weighted by Gasteiger charge is -2.12. The Kier molecular flexibility index (Phi) is 3.39. The molecule has 1 fully saturated rings. The standard InChI is InChI=1S/C14H13NO5/c16-14(17)13-7-12(15-20-13)9-2-1-3-10(6-9)19-11-4-5-18-8-11/h1-3,6-7,11H,4-5,8H2,(H,16,17). The molecule has 1 aromatic heterocycles. The number of hydrogen-bond acceptors (Lipinski definition) is 5. The van der Waals surface area contributed by atoms with E-state index in [9.17, 15) is 4.79 Å². The summed E-state index contributed by atoms with van der Waals surface area (Å²) in [5.41, 5.74) is 1.22. The topological polar surface area (TPSA) is 81.8 Å². The monoisotopic (exact) mass is 275 g/mol. The molecule has 1 unspecified atom stereocenters. The number of aromatic nitrogens is 1. The minimum absolute atomic E-state index is 0.0668. The second kappa shape index (κ2) is 5.34. The van der Waals surface area contributed by atoms with E-state index in [1.807, 2.05) is 24.3 Å². The first kappa shape index (κ1) is 12.7. The Morgan fingerprint density at radius 1 is 1.40 bits per heavy atom. The van der Waals surface area contributed by atoms with Gasteiger partial charge in [0.25, 0.3) is 0 Å². The van der Waals surface area contributed by atoms with Crippen molar-refractivity contribution in [3.05, 3.63) is 36.1 Å². The Bertz CT molecular complexity index is 616. The zero-order chi connectivity index (χ0) is 13.9. The van der Waals surface area contributed by atoms with Gasteiger partial charge >= 0.3 is 5.97 Å². The van der Waals surface area contributed by atoms with Crippen LogP contribution < -0.4 is 4.74 Å². The number of carboxylic acid groups (broad SMARTS) is 1. The highest BCUT2D eigenvalue weighted by Gasteiger charge is 2.18. The largest absolute Gasteiger partial charge is 0.488 e. The average molecular weight is 275 g/mol. The minimum Gasteiger partial charge on any atom is -0.488 e. The van der Waals surface area contributed by atoms with Gasteiger partial charge in [0, 0.05) is 18.1 Å². The van der Waals surface area contributed by atoms with Crippen LogP contribution in [0.15, 0.2) is 34.9 Å². The molecule has 1 aliphatic rings. The molecule has 0 amide bonds. The summed E-state index contributed by atoms with van der Waals surface area (Å²) in [6.45, 7) is 1.31. The van der Waals surface area contributed by atoms with Crippen molar-refractivity contribution in [1.82, 2.24) is 5.16 Å². The Morgan fingerprint density at radius 3 is 3.00 bits per heavy atom. The van der Waals surface area contributed by atoms with Crippen molar-refractivity contribution in [1.29, 1.82) is 0 Å². The molecule has 1 aromatic carbocycles. The van der Waals surface area contributed by atoms with Gasteiger partial charge in [-0.15, -0.1) is 0 Å². The lowest BCUT2D eigenvalue weighted by atomic mass is 10.1. The zero-order valence-corrected chi connectivity index (χ0v) is 10.6. The van der Waals surface area contributed by atoms with Gasteiger partial charge in [0.15, 0.2) is 0 Å². The molecule has 6 nitrogen and oxygen atoms in total. The van der Waals surface area contributed by atoms with Gasteiger partial charge in [0.1, 0.15) is 17.5 Å². The van der Waals surface area contributed by atoms with Gasteiger partial charge < -0.3 is 19.1 Å². The van der Waals surface area contributed by atoms with Gasteiger partial charge in [0.2, 0.25) is 5.76 Å². The first-order chi connectivity index (χ1) is 9.72. The average Bonchev–Trinajstić information content (AvgIpc) is 3.09. The number of carboxylic acids is 1. The third kappa shape index (κ3) is 2.65. The Morgan fingerprint density at radius 2 is 2.30 bits per heavy atom. The Hall–Kier alpha value is -2.34. The summed E-state index contributed by atoms with van der Waals surface area (Å²) in [6, 6.07) is 8.69. The number of rotatable bonds is 4. The summed E-state index contributed by atoms with van der Waals surface area (Å²) in [5.74, 6) is -0.618. The van der Waals surface area contributed by atoms with Crippen molar-refractivity contribution in [3.8, 4) is 17.0 Å². The predicted octanol–water partition coefficient (Wildman–Crippen LogP) is 2.21. The number of ether oxygens (including phenoxy) is 2. The van der Waals surface area contributed by atoms with E-state index < -0.39 is 5.97 Å². The first-order valence-corrected chi connectivity index (χ1v) is 6.27. The van der Waals surface area contributed by atoms with E-state index in [1.54, 1.807) is 0 Å². The summed E-state index contributed by atoms with van der Waals surface area (Å²) >= 11 is 0. The highest BCUT2D eigenvalue weighted by Crippen LogP contribution is 2.25. The van der Waals surface area contributed by atoms with Crippen molar-refractivity contribution in [3.63, 3.8) is 0 Å². The molecule has 0 bridgehead atoms. The highest BCUT2D eigenvalue weighted by molar-refractivity contribution is 5.85. The molecule has 104 valence electrons. The van der Waals surface area contributed by atoms with Crippen LogP contribution >= 0.6 is 0 Å². The fourth-order valence-corrected chi connectivity index (χ4v) is 2.04. The van der Waals surface area contributed by atoms with Crippen molar-refractivity contribution < 1.29 is 23.9 Å².